The number of amides is 1. The van der Waals surface area contributed by atoms with Crippen LogP contribution in [0.5, 0.6) is 0 Å². The highest BCUT2D eigenvalue weighted by atomic mass is 16.5. The summed E-state index contributed by atoms with van der Waals surface area (Å²) in [5, 5.41) is 0. The number of hydrogen-bond donors (Lipinski definition) is 0. The molecule has 0 spiro atoms. The molecule has 6 heteroatoms. The third kappa shape index (κ3) is 3.43. The van der Waals surface area contributed by atoms with E-state index in [0.29, 0.717) is 17.7 Å². The number of hydrogen-bond acceptors (Lipinski definition) is 4. The van der Waals surface area contributed by atoms with Crippen LogP contribution in [-0.2, 0) is 22.6 Å². The van der Waals surface area contributed by atoms with Crippen LogP contribution in [0.2, 0.25) is 0 Å². The molecule has 4 rings (SSSR count). The summed E-state index contributed by atoms with van der Waals surface area (Å²) in [6, 6.07) is 0. The first-order valence-corrected chi connectivity index (χ1v) is 8.86. The second-order valence-electron chi connectivity index (χ2n) is 7.23. The first kappa shape index (κ1) is 15.1. The Morgan fingerprint density at radius 2 is 2.22 bits per heavy atom. The molecule has 0 radical (unpaired) electrons. The van der Waals surface area contributed by atoms with Gasteiger partial charge in [0.15, 0.2) is 0 Å². The Kier molecular flexibility index (Phi) is 4.35. The van der Waals surface area contributed by atoms with Crippen molar-refractivity contribution in [2.24, 2.45) is 11.8 Å². The quantitative estimate of drug-likeness (QED) is 0.830. The zero-order chi connectivity index (χ0) is 15.6. The van der Waals surface area contributed by atoms with Gasteiger partial charge in [0.1, 0.15) is 5.82 Å². The number of likely N-dealkylation sites (tertiary alicyclic amines) is 1. The molecule has 2 atom stereocenters. The number of aromatic nitrogens is 2. The van der Waals surface area contributed by atoms with Gasteiger partial charge in [-0.3, -0.25) is 9.69 Å². The third-order valence-electron chi connectivity index (χ3n) is 5.33. The first-order valence-electron chi connectivity index (χ1n) is 8.86. The van der Waals surface area contributed by atoms with Crippen LogP contribution in [0, 0.1) is 11.8 Å². The number of nitrogens with zero attached hydrogens (tertiary/aromatic N) is 4. The van der Waals surface area contributed by atoms with Gasteiger partial charge in [0.2, 0.25) is 5.91 Å². The molecule has 0 bridgehead atoms. The summed E-state index contributed by atoms with van der Waals surface area (Å²) in [6.07, 6.45) is 6.89. The Bertz CT molecular complexity index is 553. The largest absolute Gasteiger partial charge is 0.381 e. The van der Waals surface area contributed by atoms with Crippen molar-refractivity contribution in [2.45, 2.75) is 32.4 Å². The molecule has 0 saturated carbocycles. The molecule has 1 aromatic heterocycles. The van der Waals surface area contributed by atoms with Crippen molar-refractivity contribution in [3.63, 3.8) is 0 Å². The van der Waals surface area contributed by atoms with Crippen molar-refractivity contribution in [1.82, 2.24) is 19.4 Å². The predicted octanol–water partition coefficient (Wildman–Crippen LogP) is 0.974. The molecule has 4 heterocycles. The third-order valence-corrected chi connectivity index (χ3v) is 5.33. The van der Waals surface area contributed by atoms with Crippen LogP contribution in [0.3, 0.4) is 0 Å². The summed E-state index contributed by atoms with van der Waals surface area (Å²) in [5.41, 5.74) is 0. The minimum Gasteiger partial charge on any atom is -0.381 e. The fourth-order valence-corrected chi connectivity index (χ4v) is 4.18. The van der Waals surface area contributed by atoms with Crippen LogP contribution in [0.15, 0.2) is 12.4 Å². The monoisotopic (exact) mass is 318 g/mol. The Morgan fingerprint density at radius 1 is 1.26 bits per heavy atom. The Hall–Kier alpha value is -1.40. The number of carbonyl (C=O) groups excluding carboxylic acids is 1. The molecule has 3 aliphatic heterocycles. The SMILES string of the molecule is O=C1CCCN1C[C@@H]1CN(C[C@H]2CCOC2)Cc2nccn2C1. The zero-order valence-corrected chi connectivity index (χ0v) is 13.7. The highest BCUT2D eigenvalue weighted by Gasteiger charge is 2.29. The maximum absolute atomic E-state index is 12.0. The van der Waals surface area contributed by atoms with Gasteiger partial charge in [-0.2, -0.15) is 0 Å². The van der Waals surface area contributed by atoms with E-state index in [4.69, 9.17) is 4.74 Å². The molecular weight excluding hydrogens is 292 g/mol. The van der Waals surface area contributed by atoms with E-state index in [1.54, 1.807) is 0 Å². The van der Waals surface area contributed by atoms with Crippen LogP contribution in [0.1, 0.15) is 25.1 Å². The summed E-state index contributed by atoms with van der Waals surface area (Å²) < 4.78 is 7.81. The summed E-state index contributed by atoms with van der Waals surface area (Å²) >= 11 is 0. The van der Waals surface area contributed by atoms with Gasteiger partial charge in [-0.05, 0) is 18.8 Å². The van der Waals surface area contributed by atoms with Gasteiger partial charge >= 0.3 is 0 Å². The standard InChI is InChI=1S/C17H26N4O2/c22-17-2-1-5-21(17)11-15-9-19(8-14-3-7-23-13-14)12-16-18-4-6-20(16)10-15/h4,6,14-15H,1-3,5,7-13H2/t14-,15-/m1/s1. The molecule has 2 fully saturated rings. The van der Waals surface area contributed by atoms with E-state index in [-0.39, 0.29) is 0 Å². The van der Waals surface area contributed by atoms with E-state index in [2.05, 4.69) is 25.5 Å². The number of rotatable bonds is 4. The first-order chi connectivity index (χ1) is 11.3. The summed E-state index contributed by atoms with van der Waals surface area (Å²) in [6.45, 7) is 7.61. The Morgan fingerprint density at radius 3 is 3.00 bits per heavy atom. The van der Waals surface area contributed by atoms with Crippen LogP contribution in [-0.4, -0.2) is 64.7 Å². The molecule has 1 aromatic rings. The van der Waals surface area contributed by atoms with Crippen molar-refractivity contribution in [2.75, 3.05) is 39.4 Å². The van der Waals surface area contributed by atoms with Crippen molar-refractivity contribution >= 4 is 5.91 Å². The lowest BCUT2D eigenvalue weighted by molar-refractivity contribution is -0.128. The molecule has 2 saturated heterocycles. The topological polar surface area (TPSA) is 50.6 Å². The van der Waals surface area contributed by atoms with E-state index in [0.717, 1.165) is 71.1 Å². The van der Waals surface area contributed by atoms with Crippen LogP contribution >= 0.6 is 0 Å². The highest BCUT2D eigenvalue weighted by Crippen LogP contribution is 2.22. The Balaban J connectivity index is 1.46. The molecule has 3 aliphatic rings. The van der Waals surface area contributed by atoms with Gasteiger partial charge in [-0.15, -0.1) is 0 Å². The molecule has 6 nitrogen and oxygen atoms in total. The maximum Gasteiger partial charge on any atom is 0.222 e. The van der Waals surface area contributed by atoms with Gasteiger partial charge in [0.05, 0.1) is 13.2 Å². The van der Waals surface area contributed by atoms with E-state index < -0.39 is 0 Å². The lowest BCUT2D eigenvalue weighted by Gasteiger charge is -2.28. The smallest absolute Gasteiger partial charge is 0.222 e. The van der Waals surface area contributed by atoms with E-state index >= 15 is 0 Å². The highest BCUT2D eigenvalue weighted by molar-refractivity contribution is 5.78. The average Bonchev–Trinajstić information content (AvgIpc) is 3.24. The Labute approximate surface area is 137 Å². The lowest BCUT2D eigenvalue weighted by Crippen LogP contribution is -2.38. The molecule has 0 N–H and O–H groups in total. The molecule has 23 heavy (non-hydrogen) atoms. The zero-order valence-electron chi connectivity index (χ0n) is 13.7. The fourth-order valence-electron chi connectivity index (χ4n) is 4.18. The van der Waals surface area contributed by atoms with E-state index in [9.17, 15) is 4.79 Å². The van der Waals surface area contributed by atoms with Gasteiger partial charge in [0.25, 0.3) is 0 Å². The van der Waals surface area contributed by atoms with E-state index in [1.807, 2.05) is 6.20 Å². The second kappa shape index (κ2) is 6.61. The minimum atomic E-state index is 0.329. The van der Waals surface area contributed by atoms with Crippen LogP contribution in [0.4, 0.5) is 0 Å². The number of fused-ring (bicyclic) bond motifs is 1. The van der Waals surface area contributed by atoms with Crippen molar-refractivity contribution in [3.05, 3.63) is 18.2 Å². The molecule has 126 valence electrons. The van der Waals surface area contributed by atoms with Gasteiger partial charge in [-0.1, -0.05) is 0 Å². The van der Waals surface area contributed by atoms with Crippen molar-refractivity contribution in [1.29, 1.82) is 0 Å². The number of imidazole rings is 1. The van der Waals surface area contributed by atoms with Gasteiger partial charge < -0.3 is 14.2 Å². The van der Waals surface area contributed by atoms with Gasteiger partial charge in [-0.25, -0.2) is 4.98 Å². The normalized spacial score (nSPS) is 29.0. The van der Waals surface area contributed by atoms with Crippen LogP contribution < -0.4 is 0 Å². The summed E-state index contributed by atoms with van der Waals surface area (Å²) in [7, 11) is 0. The molecule has 0 unspecified atom stereocenters. The van der Waals surface area contributed by atoms with Gasteiger partial charge in [0, 0.05) is 64.1 Å². The van der Waals surface area contributed by atoms with Crippen molar-refractivity contribution < 1.29 is 9.53 Å². The summed E-state index contributed by atoms with van der Waals surface area (Å²) in [5.74, 6) is 2.61. The van der Waals surface area contributed by atoms with Crippen LogP contribution in [0.25, 0.3) is 0 Å². The predicted molar refractivity (Wildman–Crippen MR) is 85.7 cm³/mol. The minimum absolute atomic E-state index is 0.329. The lowest BCUT2D eigenvalue weighted by atomic mass is 10.1. The second-order valence-corrected chi connectivity index (χ2v) is 7.23. The average molecular weight is 318 g/mol. The maximum atomic E-state index is 12.0. The summed E-state index contributed by atoms with van der Waals surface area (Å²) in [4.78, 5) is 21.1. The number of carbonyl (C=O) groups is 1. The van der Waals surface area contributed by atoms with Crippen molar-refractivity contribution in [3.8, 4) is 0 Å². The molecule has 0 aliphatic carbocycles. The number of ether oxygens (including phenoxy) is 1. The van der Waals surface area contributed by atoms with E-state index in [1.165, 1.54) is 6.42 Å². The fraction of sp³-hybridized carbons (Fsp3) is 0.765. The molecule has 0 aromatic carbocycles. The molecular formula is C17H26N4O2. The molecule has 1 amide bonds.